The fourth-order valence-electron chi connectivity index (χ4n) is 1.81. The van der Waals surface area contributed by atoms with Gasteiger partial charge in [-0.05, 0) is 40.2 Å². The zero-order chi connectivity index (χ0) is 12.9. The van der Waals surface area contributed by atoms with Gasteiger partial charge in [-0.3, -0.25) is 0 Å². The first-order valence-electron chi connectivity index (χ1n) is 6.24. The lowest BCUT2D eigenvalue weighted by Gasteiger charge is -2.24. The highest BCUT2D eigenvalue weighted by Gasteiger charge is 2.29. The molecule has 1 heterocycles. The predicted octanol–water partition coefficient (Wildman–Crippen LogP) is 2.16. The molecule has 0 bridgehead atoms. The van der Waals surface area contributed by atoms with Crippen LogP contribution in [-0.4, -0.2) is 42.3 Å². The lowest BCUT2D eigenvalue weighted by Crippen LogP contribution is -2.38. The smallest absolute Gasteiger partial charge is 0.410 e. The van der Waals surface area contributed by atoms with Gasteiger partial charge in [0.2, 0.25) is 0 Å². The Hall–Kier alpha value is -1.03. The number of carbonyl (C=O) groups excluding carboxylic acids is 1. The quantitative estimate of drug-likeness (QED) is 0.605. The van der Waals surface area contributed by atoms with Gasteiger partial charge in [0.1, 0.15) is 5.60 Å². The minimum absolute atomic E-state index is 0.203. The molecule has 1 aliphatic rings. The van der Waals surface area contributed by atoms with E-state index in [2.05, 4.69) is 11.9 Å². The molecule has 0 aromatic rings. The van der Waals surface area contributed by atoms with Crippen molar-refractivity contribution in [2.24, 2.45) is 0 Å². The van der Waals surface area contributed by atoms with Gasteiger partial charge in [-0.15, -0.1) is 6.58 Å². The third-order valence-corrected chi connectivity index (χ3v) is 2.62. The molecule has 1 unspecified atom stereocenters. The highest BCUT2D eigenvalue weighted by Crippen LogP contribution is 2.15. The number of rotatable bonds is 4. The number of hydrogen-bond donors (Lipinski definition) is 1. The molecule has 4 nitrogen and oxygen atoms in total. The normalized spacial score (nSPS) is 20.4. The van der Waals surface area contributed by atoms with Crippen molar-refractivity contribution in [2.45, 2.75) is 45.3 Å². The van der Waals surface area contributed by atoms with E-state index >= 15 is 0 Å². The van der Waals surface area contributed by atoms with Crippen LogP contribution in [0.5, 0.6) is 0 Å². The Morgan fingerprint density at radius 1 is 1.59 bits per heavy atom. The molecule has 1 rings (SSSR count). The summed E-state index contributed by atoms with van der Waals surface area (Å²) in [5.74, 6) is 0. The summed E-state index contributed by atoms with van der Waals surface area (Å²) >= 11 is 0. The van der Waals surface area contributed by atoms with Crippen molar-refractivity contribution >= 4 is 6.09 Å². The second-order valence-electron chi connectivity index (χ2n) is 5.44. The van der Waals surface area contributed by atoms with E-state index in [1.165, 1.54) is 0 Å². The van der Waals surface area contributed by atoms with Gasteiger partial charge < -0.3 is 15.0 Å². The second kappa shape index (κ2) is 6.05. The van der Waals surface area contributed by atoms with Gasteiger partial charge in [0, 0.05) is 19.1 Å². The zero-order valence-corrected chi connectivity index (χ0v) is 11.2. The van der Waals surface area contributed by atoms with Crippen LogP contribution >= 0.6 is 0 Å². The molecule has 0 aromatic carbocycles. The fraction of sp³-hybridized carbons (Fsp3) is 0.769. The van der Waals surface area contributed by atoms with E-state index in [0.29, 0.717) is 6.04 Å². The first-order valence-corrected chi connectivity index (χ1v) is 6.24. The van der Waals surface area contributed by atoms with Gasteiger partial charge in [0.05, 0.1) is 0 Å². The Kier molecular flexibility index (Phi) is 5.00. The van der Waals surface area contributed by atoms with Crippen molar-refractivity contribution < 1.29 is 9.53 Å². The van der Waals surface area contributed by atoms with Crippen molar-refractivity contribution in [3.63, 3.8) is 0 Å². The Bertz CT molecular complexity index is 271. The van der Waals surface area contributed by atoms with Gasteiger partial charge in [0.25, 0.3) is 0 Å². The minimum Gasteiger partial charge on any atom is -0.444 e. The van der Waals surface area contributed by atoms with E-state index < -0.39 is 5.60 Å². The van der Waals surface area contributed by atoms with Crippen molar-refractivity contribution in [3.8, 4) is 0 Å². The lowest BCUT2D eigenvalue weighted by atomic mass is 10.2. The molecular weight excluding hydrogens is 216 g/mol. The number of ether oxygens (including phenoxy) is 1. The third-order valence-electron chi connectivity index (χ3n) is 2.62. The standard InChI is InChI=1S/C13H24N2O2/c1-5-6-8-14-11-7-9-15(10-11)12(16)17-13(2,3)4/h5,11,14H,1,6-10H2,2-4H3. The van der Waals surface area contributed by atoms with E-state index in [1.54, 1.807) is 4.90 Å². The van der Waals surface area contributed by atoms with Crippen molar-refractivity contribution in [1.29, 1.82) is 0 Å². The summed E-state index contributed by atoms with van der Waals surface area (Å²) in [6.07, 6.45) is 3.65. The molecule has 0 saturated carbocycles. The number of carbonyl (C=O) groups is 1. The van der Waals surface area contributed by atoms with E-state index in [9.17, 15) is 4.79 Å². The summed E-state index contributed by atoms with van der Waals surface area (Å²) in [6, 6.07) is 0.391. The fourth-order valence-corrected chi connectivity index (χ4v) is 1.81. The van der Waals surface area contributed by atoms with Gasteiger partial charge in [-0.1, -0.05) is 6.08 Å². The van der Waals surface area contributed by atoms with E-state index in [4.69, 9.17) is 4.74 Å². The van der Waals surface area contributed by atoms with Gasteiger partial charge >= 0.3 is 6.09 Å². The number of nitrogens with one attached hydrogen (secondary N) is 1. The third kappa shape index (κ3) is 5.22. The number of nitrogens with zero attached hydrogens (tertiary/aromatic N) is 1. The first-order chi connectivity index (χ1) is 7.92. The number of likely N-dealkylation sites (tertiary alicyclic amines) is 1. The molecule has 0 radical (unpaired) electrons. The van der Waals surface area contributed by atoms with Crippen LogP contribution in [0.4, 0.5) is 4.79 Å². The molecule has 1 amide bonds. The van der Waals surface area contributed by atoms with Crippen LogP contribution in [0.25, 0.3) is 0 Å². The van der Waals surface area contributed by atoms with Gasteiger partial charge in [-0.25, -0.2) is 4.79 Å². The molecule has 17 heavy (non-hydrogen) atoms. The van der Waals surface area contributed by atoms with Crippen LogP contribution in [0, 0.1) is 0 Å². The Labute approximate surface area is 104 Å². The maximum absolute atomic E-state index is 11.8. The topological polar surface area (TPSA) is 41.6 Å². The van der Waals surface area contributed by atoms with Crippen LogP contribution in [0.15, 0.2) is 12.7 Å². The monoisotopic (exact) mass is 240 g/mol. The molecule has 0 spiro atoms. The highest BCUT2D eigenvalue weighted by molar-refractivity contribution is 5.68. The van der Waals surface area contributed by atoms with Gasteiger partial charge in [-0.2, -0.15) is 0 Å². The largest absolute Gasteiger partial charge is 0.444 e. The average Bonchev–Trinajstić information content (AvgIpc) is 2.64. The summed E-state index contributed by atoms with van der Waals surface area (Å²) in [5, 5.41) is 3.41. The van der Waals surface area contributed by atoms with Crippen LogP contribution < -0.4 is 5.32 Å². The molecule has 4 heteroatoms. The van der Waals surface area contributed by atoms with E-state index in [-0.39, 0.29) is 6.09 Å². The van der Waals surface area contributed by atoms with Crippen LogP contribution in [0.2, 0.25) is 0 Å². The molecule has 1 N–H and O–H groups in total. The predicted molar refractivity (Wildman–Crippen MR) is 69.0 cm³/mol. The highest BCUT2D eigenvalue weighted by atomic mass is 16.6. The van der Waals surface area contributed by atoms with Crippen molar-refractivity contribution in [2.75, 3.05) is 19.6 Å². The van der Waals surface area contributed by atoms with E-state index in [0.717, 1.165) is 32.5 Å². The van der Waals surface area contributed by atoms with Crippen molar-refractivity contribution in [3.05, 3.63) is 12.7 Å². The Balaban J connectivity index is 2.29. The lowest BCUT2D eigenvalue weighted by molar-refractivity contribution is 0.0291. The van der Waals surface area contributed by atoms with Crippen LogP contribution in [0.3, 0.4) is 0 Å². The summed E-state index contributed by atoms with van der Waals surface area (Å²) < 4.78 is 5.34. The minimum atomic E-state index is -0.411. The van der Waals surface area contributed by atoms with Gasteiger partial charge in [0.15, 0.2) is 0 Å². The van der Waals surface area contributed by atoms with Crippen molar-refractivity contribution in [1.82, 2.24) is 10.2 Å². The Morgan fingerprint density at radius 2 is 2.29 bits per heavy atom. The van der Waals surface area contributed by atoms with Crippen LogP contribution in [0.1, 0.15) is 33.6 Å². The maximum Gasteiger partial charge on any atom is 0.410 e. The molecule has 1 atom stereocenters. The molecule has 1 aliphatic heterocycles. The molecular formula is C13H24N2O2. The molecule has 1 fully saturated rings. The molecule has 1 saturated heterocycles. The van der Waals surface area contributed by atoms with E-state index in [1.807, 2.05) is 26.8 Å². The second-order valence-corrected chi connectivity index (χ2v) is 5.44. The van der Waals surface area contributed by atoms with Crippen LogP contribution in [-0.2, 0) is 4.74 Å². The number of amides is 1. The molecule has 0 aliphatic carbocycles. The molecule has 98 valence electrons. The maximum atomic E-state index is 11.8. The average molecular weight is 240 g/mol. The summed E-state index contributed by atoms with van der Waals surface area (Å²) in [6.45, 7) is 11.8. The Morgan fingerprint density at radius 3 is 2.88 bits per heavy atom. The zero-order valence-electron chi connectivity index (χ0n) is 11.2. The summed E-state index contributed by atoms with van der Waals surface area (Å²) in [5.41, 5.74) is -0.411. The SMILES string of the molecule is C=CCCNC1CCN(C(=O)OC(C)(C)C)C1. The molecule has 0 aromatic heterocycles. The summed E-state index contributed by atoms with van der Waals surface area (Å²) in [7, 11) is 0. The summed E-state index contributed by atoms with van der Waals surface area (Å²) in [4.78, 5) is 13.6. The first kappa shape index (κ1) is 14.0. The number of hydrogen-bond acceptors (Lipinski definition) is 3.